The molecule has 2 aromatic carbocycles. The summed E-state index contributed by atoms with van der Waals surface area (Å²) < 4.78 is 5.62. The van der Waals surface area contributed by atoms with E-state index in [1.54, 1.807) is 37.2 Å². The maximum Gasteiger partial charge on any atom is 0.247 e. The Morgan fingerprint density at radius 3 is 2.58 bits per heavy atom. The number of likely N-dealkylation sites (tertiary alicyclic amines) is 1. The van der Waals surface area contributed by atoms with E-state index in [9.17, 15) is 14.4 Å². The van der Waals surface area contributed by atoms with Gasteiger partial charge in [0, 0.05) is 35.3 Å². The summed E-state index contributed by atoms with van der Waals surface area (Å²) in [5, 5.41) is 13.8. The molecule has 3 amide bonds. The van der Waals surface area contributed by atoms with E-state index in [1.807, 2.05) is 51.1 Å². The van der Waals surface area contributed by atoms with Crippen LogP contribution >= 0.6 is 0 Å². The number of hydrogen-bond donors (Lipinski definition) is 4. The number of anilines is 3. The minimum atomic E-state index is -0.805. The molecule has 0 aliphatic carbocycles. The monoisotopic (exact) mass is 612 g/mol. The Balaban J connectivity index is 1.40. The van der Waals surface area contributed by atoms with Crippen molar-refractivity contribution >= 4 is 56.7 Å². The van der Waals surface area contributed by atoms with Gasteiger partial charge in [-0.1, -0.05) is 26.8 Å². The fraction of sp³-hybridized carbons (Fsp3) is 0.394. The summed E-state index contributed by atoms with van der Waals surface area (Å²) in [5.41, 5.74) is 2.19. The molecule has 1 saturated heterocycles. The van der Waals surface area contributed by atoms with Crippen LogP contribution in [0.5, 0.6) is 5.75 Å². The predicted octanol–water partition coefficient (Wildman–Crippen LogP) is 4.00. The first kappa shape index (κ1) is 31.6. The van der Waals surface area contributed by atoms with E-state index in [-0.39, 0.29) is 17.7 Å². The second kappa shape index (κ2) is 13.0. The largest absolute Gasteiger partial charge is 0.494 e. The molecule has 3 atom stereocenters. The molecule has 0 spiro atoms. The lowest BCUT2D eigenvalue weighted by Gasteiger charge is -2.36. The molecule has 1 aliphatic rings. The van der Waals surface area contributed by atoms with Gasteiger partial charge < -0.3 is 30.9 Å². The topological polar surface area (TPSA) is 150 Å². The number of pyridine rings is 1. The van der Waals surface area contributed by atoms with Crippen molar-refractivity contribution in [3.63, 3.8) is 0 Å². The van der Waals surface area contributed by atoms with Gasteiger partial charge >= 0.3 is 0 Å². The summed E-state index contributed by atoms with van der Waals surface area (Å²) in [7, 11) is 3.21. The van der Waals surface area contributed by atoms with Crippen molar-refractivity contribution in [3.05, 3.63) is 55.0 Å². The molecule has 0 radical (unpaired) electrons. The number of carbonyl (C=O) groups is 3. The van der Waals surface area contributed by atoms with Gasteiger partial charge in [0.25, 0.3) is 0 Å². The third-order valence-electron chi connectivity index (χ3n) is 8.14. The van der Waals surface area contributed by atoms with E-state index >= 15 is 0 Å². The van der Waals surface area contributed by atoms with Crippen molar-refractivity contribution in [2.45, 2.75) is 58.7 Å². The van der Waals surface area contributed by atoms with E-state index < -0.39 is 23.5 Å². The smallest absolute Gasteiger partial charge is 0.247 e. The van der Waals surface area contributed by atoms with Gasteiger partial charge in [-0.15, -0.1) is 0 Å². The Morgan fingerprint density at radius 1 is 1.04 bits per heavy atom. The highest BCUT2D eigenvalue weighted by molar-refractivity contribution is 6.03. The number of fused-ring (bicyclic) bond motifs is 2. The van der Waals surface area contributed by atoms with E-state index in [2.05, 4.69) is 36.2 Å². The number of nitrogens with one attached hydrogen (secondary N) is 4. The van der Waals surface area contributed by atoms with Gasteiger partial charge in [-0.2, -0.15) is 0 Å². The van der Waals surface area contributed by atoms with E-state index in [4.69, 9.17) is 4.74 Å². The van der Waals surface area contributed by atoms with Gasteiger partial charge in [0.2, 0.25) is 17.7 Å². The molecular weight excluding hydrogens is 572 g/mol. The highest BCUT2D eigenvalue weighted by atomic mass is 16.5. The van der Waals surface area contributed by atoms with E-state index in [0.29, 0.717) is 47.5 Å². The number of aromatic nitrogens is 3. The van der Waals surface area contributed by atoms with Crippen LogP contribution in [0.25, 0.3) is 21.8 Å². The zero-order chi connectivity index (χ0) is 32.3. The Kier molecular flexibility index (Phi) is 9.14. The van der Waals surface area contributed by atoms with Gasteiger partial charge in [0.15, 0.2) is 0 Å². The van der Waals surface area contributed by atoms with Crippen molar-refractivity contribution < 1.29 is 19.1 Å². The molecule has 5 rings (SSSR count). The molecule has 45 heavy (non-hydrogen) atoms. The first-order chi connectivity index (χ1) is 21.5. The molecule has 12 heteroatoms. The third-order valence-corrected chi connectivity index (χ3v) is 8.14. The fourth-order valence-electron chi connectivity index (χ4n) is 5.47. The fourth-order valence-corrected chi connectivity index (χ4v) is 5.47. The summed E-state index contributed by atoms with van der Waals surface area (Å²) in [6.07, 6.45) is 4.38. The SMILES string of the molecule is CNC(C)C(=O)NC(C(=O)N1CCCC1C(=O)Nc1cc2c(Nc3ccc4ncccc4c3)ncnc2cc1OC)C(C)(C)C. The number of rotatable bonds is 9. The van der Waals surface area contributed by atoms with E-state index in [0.717, 1.165) is 16.6 Å². The normalized spacial score (nSPS) is 16.3. The number of methoxy groups -OCH3 is 1. The van der Waals surface area contributed by atoms with Crippen molar-refractivity contribution in [1.29, 1.82) is 0 Å². The maximum absolute atomic E-state index is 13.9. The standard InChI is InChI=1S/C33H40N8O4/c1-19(34-5)30(42)40-28(33(2,3)4)32(44)41-14-8-10-26(41)31(43)39-25-16-22-24(17-27(25)45-6)36-18-37-29(22)38-21-11-12-23-20(15-21)9-7-13-35-23/h7,9,11-13,15-19,26,28,34H,8,10,14H2,1-6H3,(H,39,43)(H,40,42)(H,36,37,38). The van der Waals surface area contributed by atoms with Crippen LogP contribution in [-0.2, 0) is 14.4 Å². The number of amides is 3. The first-order valence-corrected chi connectivity index (χ1v) is 15.0. The summed E-state index contributed by atoms with van der Waals surface area (Å²) in [6.45, 7) is 7.83. The van der Waals surface area contributed by atoms with Gasteiger partial charge in [-0.05, 0) is 62.6 Å². The van der Waals surface area contributed by atoms with Crippen LogP contribution in [0, 0.1) is 5.41 Å². The molecule has 0 bridgehead atoms. The Hall–Kier alpha value is -4.84. The molecule has 3 unspecified atom stereocenters. The second-order valence-electron chi connectivity index (χ2n) is 12.3. The number of likely N-dealkylation sites (N-methyl/N-ethyl adjacent to an activating group) is 1. The lowest BCUT2D eigenvalue weighted by atomic mass is 9.85. The molecule has 0 saturated carbocycles. The number of ether oxygens (including phenoxy) is 1. The van der Waals surface area contributed by atoms with Crippen molar-refractivity contribution in [1.82, 2.24) is 30.5 Å². The number of hydrogen-bond acceptors (Lipinski definition) is 9. The molecule has 4 N–H and O–H groups in total. The third kappa shape index (κ3) is 6.80. The zero-order valence-electron chi connectivity index (χ0n) is 26.5. The van der Waals surface area contributed by atoms with Crippen LogP contribution in [0.3, 0.4) is 0 Å². The molecule has 4 aromatic rings. The second-order valence-corrected chi connectivity index (χ2v) is 12.3. The molecule has 1 aliphatic heterocycles. The van der Waals surface area contributed by atoms with Crippen LogP contribution in [0.2, 0.25) is 0 Å². The highest BCUT2D eigenvalue weighted by Gasteiger charge is 2.42. The van der Waals surface area contributed by atoms with E-state index in [1.165, 1.54) is 13.4 Å². The van der Waals surface area contributed by atoms with Gasteiger partial charge in [-0.25, -0.2) is 9.97 Å². The highest BCUT2D eigenvalue weighted by Crippen LogP contribution is 2.34. The number of carbonyl (C=O) groups excluding carboxylic acids is 3. The Bertz CT molecular complexity index is 1740. The lowest BCUT2D eigenvalue weighted by molar-refractivity contribution is -0.143. The summed E-state index contributed by atoms with van der Waals surface area (Å²) in [5.74, 6) is 0.0775. The van der Waals surface area contributed by atoms with Gasteiger partial charge in [0.1, 0.15) is 30.0 Å². The van der Waals surface area contributed by atoms with Crippen LogP contribution in [-0.4, -0.2) is 76.4 Å². The molecule has 1 fully saturated rings. The molecule has 236 valence electrons. The van der Waals surface area contributed by atoms with Gasteiger partial charge in [0.05, 0.1) is 29.9 Å². The van der Waals surface area contributed by atoms with Crippen molar-refractivity contribution in [2.75, 3.05) is 31.3 Å². The first-order valence-electron chi connectivity index (χ1n) is 15.0. The average molecular weight is 613 g/mol. The minimum absolute atomic E-state index is 0.279. The quantitative estimate of drug-likeness (QED) is 0.220. The Labute approximate surface area is 262 Å². The van der Waals surface area contributed by atoms with Gasteiger partial charge in [-0.3, -0.25) is 19.4 Å². The van der Waals surface area contributed by atoms with Crippen LogP contribution in [0.1, 0.15) is 40.5 Å². The average Bonchev–Trinajstić information content (AvgIpc) is 3.52. The zero-order valence-corrected chi connectivity index (χ0v) is 26.5. The van der Waals surface area contributed by atoms with Crippen LogP contribution in [0.15, 0.2) is 55.0 Å². The number of nitrogens with zero attached hydrogens (tertiary/aromatic N) is 4. The lowest BCUT2D eigenvalue weighted by Crippen LogP contribution is -2.59. The van der Waals surface area contributed by atoms with Crippen molar-refractivity contribution in [3.8, 4) is 5.75 Å². The summed E-state index contributed by atoms with van der Waals surface area (Å²) >= 11 is 0. The minimum Gasteiger partial charge on any atom is -0.494 e. The summed E-state index contributed by atoms with van der Waals surface area (Å²) in [6, 6.07) is 11.2. The molecule has 12 nitrogen and oxygen atoms in total. The predicted molar refractivity (Wildman–Crippen MR) is 174 cm³/mol. The maximum atomic E-state index is 13.9. The van der Waals surface area contributed by atoms with Crippen LogP contribution in [0.4, 0.5) is 17.2 Å². The molecule has 3 heterocycles. The number of benzene rings is 2. The molecule has 2 aromatic heterocycles. The summed E-state index contributed by atoms with van der Waals surface area (Å²) in [4.78, 5) is 55.2. The van der Waals surface area contributed by atoms with Crippen molar-refractivity contribution in [2.24, 2.45) is 5.41 Å². The van der Waals surface area contributed by atoms with Crippen LogP contribution < -0.4 is 26.0 Å². The molecular formula is C33H40N8O4. The Morgan fingerprint density at radius 2 is 1.84 bits per heavy atom.